The maximum Gasteiger partial charge on any atom is 0.237 e. The molecule has 17 rings (SSSR count). The van der Waals surface area contributed by atoms with Gasteiger partial charge >= 0.3 is 0 Å². The van der Waals surface area contributed by atoms with Gasteiger partial charge < -0.3 is 18.9 Å². The van der Waals surface area contributed by atoms with Gasteiger partial charge in [-0.15, -0.1) is 0 Å². The lowest BCUT2D eigenvalue weighted by atomic mass is 10.1. The first kappa shape index (κ1) is 50.5. The minimum Gasteiger partial charge on any atom is -0.310 e. The van der Waals surface area contributed by atoms with Crippen molar-refractivity contribution in [1.82, 2.24) is 23.7 Å². The van der Waals surface area contributed by atoms with Crippen molar-refractivity contribution in [3.05, 3.63) is 328 Å². The molecule has 0 spiro atoms. The summed E-state index contributed by atoms with van der Waals surface area (Å²) in [6.45, 7) is 0. The number of hydrogen-bond donors (Lipinski definition) is 0. The Hall–Kier alpha value is -12.0. The molecular weight excluding hydrogens is 1070 g/mol. The molecule has 88 heavy (non-hydrogen) atoms. The van der Waals surface area contributed by atoms with Gasteiger partial charge in [0.25, 0.3) is 0 Å². The number of hydrogen-bond acceptors (Lipinski definition) is 5. The van der Waals surface area contributed by atoms with Gasteiger partial charge in [0, 0.05) is 94.6 Å². The Kier molecular flexibility index (Phi) is 12.0. The molecular formula is C80H54N8. The van der Waals surface area contributed by atoms with Gasteiger partial charge in [-0.05, 0) is 152 Å². The first-order valence-corrected chi connectivity index (χ1v) is 29.8. The summed E-state index contributed by atoms with van der Waals surface area (Å²) in [4.78, 5) is 18.6. The zero-order valence-electron chi connectivity index (χ0n) is 47.8. The van der Waals surface area contributed by atoms with Gasteiger partial charge in [-0.1, -0.05) is 176 Å². The van der Waals surface area contributed by atoms with Crippen molar-refractivity contribution in [2.75, 3.05) is 14.7 Å². The van der Waals surface area contributed by atoms with E-state index in [4.69, 9.17) is 9.97 Å². The second-order valence-corrected chi connectivity index (χ2v) is 22.2. The first-order chi connectivity index (χ1) is 43.7. The number of para-hydroxylation sites is 9. The van der Waals surface area contributed by atoms with E-state index in [9.17, 15) is 0 Å². The van der Waals surface area contributed by atoms with Crippen LogP contribution in [0, 0.1) is 0 Å². The van der Waals surface area contributed by atoms with Crippen molar-refractivity contribution >= 4 is 128 Å². The second kappa shape index (κ2) is 21.0. The minimum atomic E-state index is 0.552. The van der Waals surface area contributed by atoms with Gasteiger partial charge in [-0.3, -0.25) is 9.47 Å². The van der Waals surface area contributed by atoms with Crippen molar-refractivity contribution < 1.29 is 0 Å². The van der Waals surface area contributed by atoms with Crippen LogP contribution < -0.4 is 14.7 Å². The van der Waals surface area contributed by atoms with E-state index in [0.717, 1.165) is 134 Å². The number of anilines is 9. The number of nitrogens with zero attached hydrogens (tertiary/aromatic N) is 8. The van der Waals surface area contributed by atoms with Crippen LogP contribution in [0.1, 0.15) is 0 Å². The summed E-state index contributed by atoms with van der Waals surface area (Å²) in [5, 5.41) is 7.76. The van der Waals surface area contributed by atoms with Crippen LogP contribution in [0.15, 0.2) is 328 Å². The van der Waals surface area contributed by atoms with Crippen LogP contribution in [0.25, 0.3) is 93.6 Å². The van der Waals surface area contributed by atoms with Gasteiger partial charge in [-0.25, -0.2) is 4.98 Å². The fraction of sp³-hybridized carbons (Fsp3) is 0. The Bertz CT molecular complexity index is 5370. The largest absolute Gasteiger partial charge is 0.310 e. The SMILES string of the molecule is c1ccc(N(c2ccccc2)c2ccc3c(c2)c2ccccc2n3-c2ccc3nc(-n4c5ccccc5c5ccc(N(c6ccccc6)c6ccccc6)cc54)nc(N(c4ccccc4)c4ccc5c6ccccc6n(-c6ccccc6)c5c4)c3c2)cc1. The Morgan fingerprint density at radius 2 is 0.568 bits per heavy atom. The van der Waals surface area contributed by atoms with E-state index in [2.05, 4.69) is 356 Å². The summed E-state index contributed by atoms with van der Waals surface area (Å²) in [5.74, 6) is 1.28. The lowest BCUT2D eigenvalue weighted by molar-refractivity contribution is 0.999. The van der Waals surface area contributed by atoms with Gasteiger partial charge in [-0.2, -0.15) is 4.98 Å². The standard InChI is InChI=1S/C80H54N8/c1-7-25-55(26-8-1)83(56-27-9-2-10-28-56)61-46-50-76-70(51-61)67-39-21-23-41-74(67)87(76)62-45-49-72-71(52-62)79(85(59-33-15-5-16-34-59)64-44-48-68-65-37-19-22-40-73(65)86(77(68)54-64)60-35-17-6-18-36-60)82-80(81-72)88-75-42-24-20-38-66(75)69-47-43-63(53-78(69)88)84(57-29-11-3-12-30-57)58-31-13-4-14-32-58/h1-54H. The summed E-state index contributed by atoms with van der Waals surface area (Å²) in [7, 11) is 0. The van der Waals surface area contributed by atoms with E-state index in [0.29, 0.717) is 5.95 Å². The molecule has 0 bridgehead atoms. The maximum absolute atomic E-state index is 5.97. The smallest absolute Gasteiger partial charge is 0.237 e. The van der Waals surface area contributed by atoms with Gasteiger partial charge in [0.05, 0.1) is 38.6 Å². The quantitative estimate of drug-likeness (QED) is 0.122. The molecule has 13 aromatic carbocycles. The average molecular weight is 1130 g/mol. The van der Waals surface area contributed by atoms with E-state index < -0.39 is 0 Å². The van der Waals surface area contributed by atoms with Gasteiger partial charge in [0.1, 0.15) is 0 Å². The molecule has 0 aliphatic rings. The van der Waals surface area contributed by atoms with Crippen LogP contribution in [0.2, 0.25) is 0 Å². The van der Waals surface area contributed by atoms with E-state index in [-0.39, 0.29) is 0 Å². The van der Waals surface area contributed by atoms with E-state index in [1.165, 1.54) is 5.39 Å². The molecule has 0 N–H and O–H groups in total. The number of aromatic nitrogens is 5. The predicted octanol–water partition coefficient (Wildman–Crippen LogP) is 21.3. The van der Waals surface area contributed by atoms with Crippen molar-refractivity contribution in [1.29, 1.82) is 0 Å². The zero-order valence-corrected chi connectivity index (χ0v) is 47.8. The third-order valence-electron chi connectivity index (χ3n) is 17.1. The lowest BCUT2D eigenvalue weighted by Gasteiger charge is -2.27. The molecule has 0 atom stereocenters. The fourth-order valence-corrected chi connectivity index (χ4v) is 13.3. The van der Waals surface area contributed by atoms with Crippen LogP contribution in [0.3, 0.4) is 0 Å². The van der Waals surface area contributed by atoms with E-state index >= 15 is 0 Å². The molecule has 4 aromatic heterocycles. The third-order valence-corrected chi connectivity index (χ3v) is 17.1. The molecule has 0 aliphatic carbocycles. The van der Waals surface area contributed by atoms with Crippen LogP contribution in [0.4, 0.5) is 51.3 Å². The minimum absolute atomic E-state index is 0.552. The molecule has 0 unspecified atom stereocenters. The Morgan fingerprint density at radius 3 is 1.08 bits per heavy atom. The fourth-order valence-electron chi connectivity index (χ4n) is 13.3. The maximum atomic E-state index is 5.97. The highest BCUT2D eigenvalue weighted by atomic mass is 15.3. The summed E-state index contributed by atoms with van der Waals surface area (Å²) in [6.07, 6.45) is 0. The highest BCUT2D eigenvalue weighted by Gasteiger charge is 2.26. The van der Waals surface area contributed by atoms with E-state index in [1.54, 1.807) is 0 Å². The zero-order chi connectivity index (χ0) is 58.1. The molecule has 0 amide bonds. The highest BCUT2D eigenvalue weighted by Crippen LogP contribution is 2.46. The predicted molar refractivity (Wildman–Crippen MR) is 367 cm³/mol. The molecule has 17 aromatic rings. The molecule has 0 saturated heterocycles. The average Bonchev–Trinajstić information content (AvgIpc) is 1.71. The summed E-state index contributed by atoms with van der Waals surface area (Å²) in [6, 6.07) is 117. The summed E-state index contributed by atoms with van der Waals surface area (Å²) < 4.78 is 7.05. The Labute approximate surface area is 508 Å². The second-order valence-electron chi connectivity index (χ2n) is 22.2. The molecule has 8 heteroatoms. The number of rotatable bonds is 12. The summed E-state index contributed by atoms with van der Waals surface area (Å²) >= 11 is 0. The molecule has 0 saturated carbocycles. The molecule has 0 fully saturated rings. The molecule has 8 nitrogen and oxygen atoms in total. The molecule has 4 heterocycles. The van der Waals surface area contributed by atoms with Crippen LogP contribution in [-0.2, 0) is 0 Å². The topological polar surface area (TPSA) is 50.3 Å². The third kappa shape index (κ3) is 8.37. The van der Waals surface area contributed by atoms with Gasteiger partial charge in [0.15, 0.2) is 5.82 Å². The Morgan fingerprint density at radius 1 is 0.205 bits per heavy atom. The first-order valence-electron chi connectivity index (χ1n) is 29.8. The monoisotopic (exact) mass is 1130 g/mol. The van der Waals surface area contributed by atoms with Crippen LogP contribution >= 0.6 is 0 Å². The summed E-state index contributed by atoms with van der Waals surface area (Å²) in [5.41, 5.74) is 17.6. The number of benzene rings is 13. The molecule has 0 radical (unpaired) electrons. The van der Waals surface area contributed by atoms with Gasteiger partial charge in [0.2, 0.25) is 5.95 Å². The van der Waals surface area contributed by atoms with Crippen molar-refractivity contribution in [3.63, 3.8) is 0 Å². The van der Waals surface area contributed by atoms with Crippen LogP contribution in [0.5, 0.6) is 0 Å². The van der Waals surface area contributed by atoms with E-state index in [1.807, 2.05) is 0 Å². The molecule has 0 aliphatic heterocycles. The molecule has 414 valence electrons. The van der Waals surface area contributed by atoms with Crippen molar-refractivity contribution in [2.45, 2.75) is 0 Å². The number of fused-ring (bicyclic) bond motifs is 10. The van der Waals surface area contributed by atoms with Crippen LogP contribution in [-0.4, -0.2) is 23.7 Å². The lowest BCUT2D eigenvalue weighted by Crippen LogP contribution is -2.15. The Balaban J connectivity index is 0.931. The highest BCUT2D eigenvalue weighted by molar-refractivity contribution is 6.14. The van der Waals surface area contributed by atoms with Crippen molar-refractivity contribution in [2.24, 2.45) is 0 Å². The van der Waals surface area contributed by atoms with Crippen molar-refractivity contribution in [3.8, 4) is 17.3 Å². The normalized spacial score (nSPS) is 11.6.